The Kier molecular flexibility index (Phi) is 4.95. The fraction of sp³-hybridized carbons (Fsp3) is 0.350. The van der Waals surface area contributed by atoms with Gasteiger partial charge in [-0.3, -0.25) is 4.79 Å². The van der Waals surface area contributed by atoms with E-state index in [-0.39, 0.29) is 17.6 Å². The van der Waals surface area contributed by atoms with Gasteiger partial charge in [-0.05, 0) is 50.4 Å². The molecule has 0 aromatic heterocycles. The average molecular weight is 357 g/mol. The molecule has 1 aliphatic heterocycles. The van der Waals surface area contributed by atoms with Gasteiger partial charge in [0.25, 0.3) is 5.91 Å². The van der Waals surface area contributed by atoms with Crippen LogP contribution in [0.2, 0.25) is 0 Å². The summed E-state index contributed by atoms with van der Waals surface area (Å²) in [6.45, 7) is 4.07. The number of hydrogen-bond acceptors (Lipinski definition) is 4. The van der Waals surface area contributed by atoms with Gasteiger partial charge in [0.15, 0.2) is 0 Å². The third-order valence-corrected chi connectivity index (χ3v) is 5.13. The normalized spacial score (nSPS) is 18.0. The van der Waals surface area contributed by atoms with E-state index in [1.165, 1.54) is 0 Å². The summed E-state index contributed by atoms with van der Waals surface area (Å²) in [5.41, 5.74) is 1.30. The second kappa shape index (κ2) is 7.00. The molecule has 1 atom stereocenters. The fourth-order valence-electron chi connectivity index (χ4n) is 3.16. The van der Waals surface area contributed by atoms with E-state index in [0.717, 1.165) is 22.0 Å². The van der Waals surface area contributed by atoms with Crippen LogP contribution in [0.15, 0.2) is 47.4 Å². The predicted octanol–water partition coefficient (Wildman–Crippen LogP) is 4.45. The molecule has 0 spiro atoms. The van der Waals surface area contributed by atoms with Gasteiger partial charge in [-0.2, -0.15) is 0 Å². The van der Waals surface area contributed by atoms with Gasteiger partial charge in [0.05, 0.1) is 18.7 Å². The van der Waals surface area contributed by atoms with E-state index in [1.54, 1.807) is 18.9 Å². The quantitative estimate of drug-likeness (QED) is 0.821. The zero-order chi connectivity index (χ0) is 18.0. The summed E-state index contributed by atoms with van der Waals surface area (Å²) in [5.74, 6) is 1.48. The second-order valence-corrected chi connectivity index (χ2v) is 7.54. The van der Waals surface area contributed by atoms with Gasteiger partial charge < -0.3 is 14.8 Å². The van der Waals surface area contributed by atoms with Crippen LogP contribution >= 0.6 is 11.8 Å². The number of benzene rings is 2. The Morgan fingerprint density at radius 2 is 2.04 bits per heavy atom. The Hall–Kier alpha value is -2.14. The van der Waals surface area contributed by atoms with E-state index in [9.17, 15) is 4.79 Å². The van der Waals surface area contributed by atoms with Crippen molar-refractivity contribution in [3.8, 4) is 11.5 Å². The maximum atomic E-state index is 12.9. The van der Waals surface area contributed by atoms with Crippen molar-refractivity contribution in [3.63, 3.8) is 0 Å². The third kappa shape index (κ3) is 3.76. The summed E-state index contributed by atoms with van der Waals surface area (Å²) in [5, 5.41) is 3.19. The van der Waals surface area contributed by atoms with Crippen LogP contribution in [0, 0.1) is 0 Å². The second-order valence-electron chi connectivity index (χ2n) is 6.70. The van der Waals surface area contributed by atoms with Gasteiger partial charge >= 0.3 is 0 Å². The first-order valence-corrected chi connectivity index (χ1v) is 9.47. The van der Waals surface area contributed by atoms with Crippen molar-refractivity contribution in [2.45, 2.75) is 36.8 Å². The average Bonchev–Trinajstić information content (AvgIpc) is 2.60. The predicted molar refractivity (Wildman–Crippen MR) is 101 cm³/mol. The summed E-state index contributed by atoms with van der Waals surface area (Å²) in [4.78, 5) is 13.8. The molecular weight excluding hydrogens is 334 g/mol. The highest BCUT2D eigenvalue weighted by atomic mass is 32.2. The van der Waals surface area contributed by atoms with Gasteiger partial charge in [-0.25, -0.2) is 0 Å². The van der Waals surface area contributed by atoms with Gasteiger partial charge in [0.1, 0.15) is 17.1 Å². The largest absolute Gasteiger partial charge is 0.497 e. The number of hydrogen-bond donors (Lipinski definition) is 1. The number of nitrogens with one attached hydrogen (secondary N) is 1. The molecule has 0 saturated heterocycles. The minimum atomic E-state index is -0.349. The van der Waals surface area contributed by atoms with E-state index in [1.807, 2.05) is 62.6 Å². The summed E-state index contributed by atoms with van der Waals surface area (Å²) < 4.78 is 11.4. The van der Waals surface area contributed by atoms with Crippen LogP contribution in [0.1, 0.15) is 42.2 Å². The Bertz CT molecular complexity index is 788. The molecule has 0 fully saturated rings. The SMILES string of the molecule is COc1ccc2c(c1)C(NC(=O)c1ccccc1SC)CC(C)(C)O2. The van der Waals surface area contributed by atoms with Crippen molar-refractivity contribution in [2.75, 3.05) is 13.4 Å². The number of carbonyl (C=O) groups is 1. The zero-order valence-corrected chi connectivity index (χ0v) is 15.8. The highest BCUT2D eigenvalue weighted by Gasteiger charge is 2.35. The molecule has 0 radical (unpaired) electrons. The van der Waals surface area contributed by atoms with Crippen LogP contribution in [0.4, 0.5) is 0 Å². The number of amides is 1. The van der Waals surface area contributed by atoms with E-state index >= 15 is 0 Å². The van der Waals surface area contributed by atoms with E-state index in [2.05, 4.69) is 5.32 Å². The van der Waals surface area contributed by atoms with Crippen LogP contribution in [0.5, 0.6) is 11.5 Å². The number of methoxy groups -OCH3 is 1. The monoisotopic (exact) mass is 357 g/mol. The van der Waals surface area contributed by atoms with Gasteiger partial charge in [0, 0.05) is 16.9 Å². The van der Waals surface area contributed by atoms with Gasteiger partial charge in [-0.1, -0.05) is 12.1 Å². The van der Waals surface area contributed by atoms with E-state index in [0.29, 0.717) is 12.0 Å². The number of rotatable bonds is 4. The molecule has 1 amide bonds. The Labute approximate surface area is 152 Å². The fourth-order valence-corrected chi connectivity index (χ4v) is 3.75. The molecular formula is C20H23NO3S. The Balaban J connectivity index is 1.93. The molecule has 2 aromatic rings. The molecule has 1 aliphatic rings. The zero-order valence-electron chi connectivity index (χ0n) is 15.0. The van der Waals surface area contributed by atoms with Crippen molar-refractivity contribution < 1.29 is 14.3 Å². The number of carbonyl (C=O) groups excluding carboxylic acids is 1. The van der Waals surface area contributed by atoms with Crippen molar-refractivity contribution in [1.82, 2.24) is 5.32 Å². The summed E-state index contributed by atoms with van der Waals surface area (Å²) >= 11 is 1.57. The molecule has 1 N–H and O–H groups in total. The molecule has 4 nitrogen and oxygen atoms in total. The first kappa shape index (κ1) is 17.7. The molecule has 1 unspecified atom stereocenters. The highest BCUT2D eigenvalue weighted by Crippen LogP contribution is 2.41. The molecule has 25 heavy (non-hydrogen) atoms. The topological polar surface area (TPSA) is 47.6 Å². The molecule has 0 aliphatic carbocycles. The minimum Gasteiger partial charge on any atom is -0.497 e. The van der Waals surface area contributed by atoms with E-state index < -0.39 is 0 Å². The molecule has 3 rings (SSSR count). The summed E-state index contributed by atoms with van der Waals surface area (Å²) in [6, 6.07) is 13.3. The molecule has 5 heteroatoms. The van der Waals surface area contributed by atoms with Crippen molar-refractivity contribution in [2.24, 2.45) is 0 Å². The van der Waals surface area contributed by atoms with Gasteiger partial charge in [-0.15, -0.1) is 11.8 Å². The van der Waals surface area contributed by atoms with Gasteiger partial charge in [0.2, 0.25) is 0 Å². The van der Waals surface area contributed by atoms with Crippen LogP contribution in [-0.4, -0.2) is 24.9 Å². The maximum absolute atomic E-state index is 12.9. The number of thioether (sulfide) groups is 1. The lowest BCUT2D eigenvalue weighted by molar-refractivity contribution is 0.0617. The standard InChI is InChI=1S/C20H23NO3S/c1-20(2)12-16(15-11-13(23-3)9-10-17(15)24-20)21-19(22)14-7-5-6-8-18(14)25-4/h5-11,16H,12H2,1-4H3,(H,21,22). The smallest absolute Gasteiger partial charge is 0.252 e. The molecule has 132 valence electrons. The molecule has 0 bridgehead atoms. The van der Waals surface area contributed by atoms with Crippen LogP contribution in [0.25, 0.3) is 0 Å². The molecule has 1 heterocycles. The number of ether oxygens (including phenoxy) is 2. The van der Waals surface area contributed by atoms with Crippen molar-refractivity contribution in [1.29, 1.82) is 0 Å². The minimum absolute atomic E-state index is 0.0681. The maximum Gasteiger partial charge on any atom is 0.252 e. The van der Waals surface area contributed by atoms with E-state index in [4.69, 9.17) is 9.47 Å². The number of fused-ring (bicyclic) bond motifs is 1. The summed E-state index contributed by atoms with van der Waals surface area (Å²) in [7, 11) is 1.64. The Morgan fingerprint density at radius 3 is 2.76 bits per heavy atom. The van der Waals surface area contributed by atoms with Crippen molar-refractivity contribution in [3.05, 3.63) is 53.6 Å². The van der Waals surface area contributed by atoms with Crippen LogP contribution in [0.3, 0.4) is 0 Å². The lowest BCUT2D eigenvalue weighted by Gasteiger charge is -2.38. The van der Waals surface area contributed by atoms with Crippen molar-refractivity contribution >= 4 is 17.7 Å². The first-order chi connectivity index (χ1) is 11.9. The third-order valence-electron chi connectivity index (χ3n) is 4.33. The van der Waals surface area contributed by atoms with Crippen LogP contribution in [-0.2, 0) is 0 Å². The summed E-state index contributed by atoms with van der Waals surface area (Å²) in [6.07, 6.45) is 2.67. The Morgan fingerprint density at radius 1 is 1.28 bits per heavy atom. The lowest BCUT2D eigenvalue weighted by atomic mass is 9.89. The lowest BCUT2D eigenvalue weighted by Crippen LogP contribution is -2.41. The molecule has 2 aromatic carbocycles. The van der Waals surface area contributed by atoms with Crippen LogP contribution < -0.4 is 14.8 Å². The first-order valence-electron chi connectivity index (χ1n) is 8.24. The molecule has 0 saturated carbocycles. The highest BCUT2D eigenvalue weighted by molar-refractivity contribution is 7.98.